The molecule has 2 aromatic heterocycles. The van der Waals surface area contributed by atoms with Crippen molar-refractivity contribution in [3.63, 3.8) is 0 Å². The Bertz CT molecular complexity index is 1160. The molecule has 4 rings (SSSR count). The van der Waals surface area contributed by atoms with Gasteiger partial charge in [-0.3, -0.25) is 4.79 Å². The number of nitrogens with zero attached hydrogens (tertiary/aromatic N) is 5. The lowest BCUT2D eigenvalue weighted by molar-refractivity contribution is -0.112. The van der Waals surface area contributed by atoms with Gasteiger partial charge in [0.2, 0.25) is 5.95 Å². The predicted molar refractivity (Wildman–Crippen MR) is 150 cm³/mol. The fourth-order valence-electron chi connectivity index (χ4n) is 4.72. The molecule has 0 radical (unpaired) electrons. The van der Waals surface area contributed by atoms with Crippen LogP contribution >= 0.6 is 0 Å². The number of nitrogens with one attached hydrogen (secondary N) is 2. The number of ketones is 1. The number of piperazine rings is 1. The molecule has 0 atom stereocenters. The van der Waals surface area contributed by atoms with Gasteiger partial charge >= 0.3 is 6.09 Å². The summed E-state index contributed by atoms with van der Waals surface area (Å²) in [5.74, 6) is 1.80. The van der Waals surface area contributed by atoms with E-state index in [4.69, 9.17) is 9.72 Å². The van der Waals surface area contributed by atoms with Gasteiger partial charge in [-0.05, 0) is 71.2 Å². The monoisotopic (exact) mass is 521 g/mol. The molecule has 3 heterocycles. The molecular formula is C28H39N7O3. The third kappa shape index (κ3) is 7.43. The molecule has 2 N–H and O–H groups in total. The normalized spacial score (nSPS) is 16.9. The highest BCUT2D eigenvalue weighted by molar-refractivity contribution is 5.95. The highest BCUT2D eigenvalue weighted by atomic mass is 16.6. The van der Waals surface area contributed by atoms with Crippen LogP contribution in [0, 0.1) is 0 Å². The van der Waals surface area contributed by atoms with E-state index in [2.05, 4.69) is 25.5 Å². The number of hydrogen-bond acceptors (Lipinski definition) is 9. The summed E-state index contributed by atoms with van der Waals surface area (Å²) in [5, 5.41) is 6.76. The maximum atomic E-state index is 12.3. The van der Waals surface area contributed by atoms with Crippen molar-refractivity contribution in [3.05, 3.63) is 36.2 Å². The van der Waals surface area contributed by atoms with Crippen LogP contribution in [0.15, 0.2) is 30.6 Å². The summed E-state index contributed by atoms with van der Waals surface area (Å²) >= 11 is 0. The smallest absolute Gasteiger partial charge is 0.410 e. The van der Waals surface area contributed by atoms with Gasteiger partial charge in [-0.25, -0.2) is 14.8 Å². The first kappa shape index (κ1) is 27.3. The summed E-state index contributed by atoms with van der Waals surface area (Å²) in [7, 11) is 0. The number of carbonyl (C=O) groups excluding carboxylic acids is 2. The molecule has 1 saturated carbocycles. The minimum Gasteiger partial charge on any atom is -0.444 e. The molecule has 0 aromatic carbocycles. The van der Waals surface area contributed by atoms with Crippen molar-refractivity contribution in [2.24, 2.45) is 0 Å². The van der Waals surface area contributed by atoms with Crippen LogP contribution in [0.3, 0.4) is 0 Å². The molecule has 10 heteroatoms. The Balaban J connectivity index is 1.41. The lowest BCUT2D eigenvalue weighted by Gasteiger charge is -2.36. The zero-order valence-electron chi connectivity index (χ0n) is 23.1. The van der Waals surface area contributed by atoms with Crippen molar-refractivity contribution in [3.8, 4) is 0 Å². The number of carbonyl (C=O) groups is 2. The predicted octanol–water partition coefficient (Wildman–Crippen LogP) is 5.02. The maximum Gasteiger partial charge on any atom is 0.410 e. The second kappa shape index (κ2) is 11.8. The molecular weight excluding hydrogens is 482 g/mol. The Morgan fingerprint density at radius 3 is 2.34 bits per heavy atom. The molecule has 0 bridgehead atoms. The van der Waals surface area contributed by atoms with Gasteiger partial charge in [-0.1, -0.05) is 12.8 Å². The second-order valence-corrected chi connectivity index (χ2v) is 11.0. The largest absolute Gasteiger partial charge is 0.444 e. The number of ether oxygens (including phenoxy) is 1. The van der Waals surface area contributed by atoms with E-state index in [1.165, 1.54) is 12.8 Å². The molecule has 10 nitrogen and oxygen atoms in total. The van der Waals surface area contributed by atoms with Crippen molar-refractivity contribution < 1.29 is 14.3 Å². The van der Waals surface area contributed by atoms with E-state index in [9.17, 15) is 9.59 Å². The van der Waals surface area contributed by atoms with E-state index >= 15 is 0 Å². The van der Waals surface area contributed by atoms with Crippen molar-refractivity contribution in [2.75, 3.05) is 41.7 Å². The number of allylic oxidation sites excluding steroid dienone is 2. The summed E-state index contributed by atoms with van der Waals surface area (Å²) in [5.41, 5.74) is 2.15. The SMILES string of the molecule is CC(=O)C=C(C)c1cnc(Nc2ccc(N3CCN(C(=O)OC(C)(C)C)CC3)cn2)nc1NC1CCCC1. The number of amides is 1. The van der Waals surface area contributed by atoms with Crippen LogP contribution < -0.4 is 15.5 Å². The number of hydrogen-bond donors (Lipinski definition) is 2. The van der Waals surface area contributed by atoms with Gasteiger partial charge < -0.3 is 25.2 Å². The molecule has 204 valence electrons. The molecule has 2 fully saturated rings. The third-order valence-corrected chi connectivity index (χ3v) is 6.61. The first-order valence-corrected chi connectivity index (χ1v) is 13.4. The topological polar surface area (TPSA) is 113 Å². The van der Waals surface area contributed by atoms with Crippen molar-refractivity contribution in [1.82, 2.24) is 19.9 Å². The first-order valence-electron chi connectivity index (χ1n) is 13.4. The molecule has 38 heavy (non-hydrogen) atoms. The van der Waals surface area contributed by atoms with Crippen LogP contribution in [0.25, 0.3) is 5.57 Å². The van der Waals surface area contributed by atoms with Crippen LogP contribution in [-0.2, 0) is 9.53 Å². The molecule has 1 aliphatic heterocycles. The van der Waals surface area contributed by atoms with Gasteiger partial charge in [-0.2, -0.15) is 4.98 Å². The Hall–Kier alpha value is -3.69. The minimum absolute atomic E-state index is 0.00735. The average molecular weight is 522 g/mol. The van der Waals surface area contributed by atoms with Crippen LogP contribution in [0.5, 0.6) is 0 Å². The van der Waals surface area contributed by atoms with Gasteiger partial charge in [0, 0.05) is 44.0 Å². The van der Waals surface area contributed by atoms with Crippen LogP contribution in [0.1, 0.15) is 65.9 Å². The highest BCUT2D eigenvalue weighted by Crippen LogP contribution is 2.28. The number of pyridine rings is 1. The lowest BCUT2D eigenvalue weighted by Crippen LogP contribution is -2.50. The molecule has 1 aliphatic carbocycles. The number of rotatable bonds is 7. The zero-order valence-corrected chi connectivity index (χ0v) is 23.1. The van der Waals surface area contributed by atoms with Gasteiger partial charge in [0.1, 0.15) is 17.2 Å². The summed E-state index contributed by atoms with van der Waals surface area (Å²) in [6, 6.07) is 4.28. The quantitative estimate of drug-likeness (QED) is 0.485. The van der Waals surface area contributed by atoms with Gasteiger partial charge in [0.25, 0.3) is 0 Å². The van der Waals surface area contributed by atoms with E-state index in [0.29, 0.717) is 44.0 Å². The number of aromatic nitrogens is 3. The third-order valence-electron chi connectivity index (χ3n) is 6.61. The Labute approximate surface area is 224 Å². The van der Waals surface area contributed by atoms with Gasteiger partial charge in [-0.15, -0.1) is 0 Å². The standard InChI is InChI=1S/C28H39N7O3/c1-19(16-20(2)36)23-18-30-26(33-25(23)31-21-8-6-7-9-21)32-24-11-10-22(17-29-24)34-12-14-35(15-13-34)27(37)38-28(3,4)5/h10-11,16-18,21H,6-9,12-15H2,1-5H3,(H2,29,30,31,32,33). The fourth-order valence-corrected chi connectivity index (χ4v) is 4.72. The minimum atomic E-state index is -0.498. The van der Waals surface area contributed by atoms with Gasteiger partial charge in [0.05, 0.1) is 11.9 Å². The summed E-state index contributed by atoms with van der Waals surface area (Å²) < 4.78 is 5.49. The molecule has 2 aromatic rings. The Morgan fingerprint density at radius 2 is 1.74 bits per heavy atom. The van der Waals surface area contributed by atoms with Gasteiger partial charge in [0.15, 0.2) is 5.78 Å². The van der Waals surface area contributed by atoms with Crippen LogP contribution in [0.2, 0.25) is 0 Å². The van der Waals surface area contributed by atoms with Crippen LogP contribution in [-0.4, -0.2) is 69.6 Å². The molecule has 2 aliphatic rings. The van der Waals surface area contributed by atoms with Crippen LogP contribution in [0.4, 0.5) is 28.1 Å². The van der Waals surface area contributed by atoms with E-state index < -0.39 is 5.60 Å². The summed E-state index contributed by atoms with van der Waals surface area (Å²) in [6.07, 6.45) is 9.54. The van der Waals surface area contributed by atoms with E-state index in [0.717, 1.165) is 35.5 Å². The number of anilines is 4. The molecule has 0 unspecified atom stereocenters. The Kier molecular flexibility index (Phi) is 8.48. The fraction of sp³-hybridized carbons (Fsp3) is 0.536. The van der Waals surface area contributed by atoms with E-state index in [-0.39, 0.29) is 11.9 Å². The van der Waals surface area contributed by atoms with E-state index in [1.807, 2.05) is 46.0 Å². The van der Waals surface area contributed by atoms with Crippen molar-refractivity contribution in [2.45, 2.75) is 71.9 Å². The summed E-state index contributed by atoms with van der Waals surface area (Å²) in [6.45, 7) is 11.7. The molecule has 1 amide bonds. The zero-order chi connectivity index (χ0) is 27.3. The maximum absolute atomic E-state index is 12.3. The highest BCUT2D eigenvalue weighted by Gasteiger charge is 2.26. The molecule has 0 spiro atoms. The van der Waals surface area contributed by atoms with Crippen molar-refractivity contribution in [1.29, 1.82) is 0 Å². The van der Waals surface area contributed by atoms with Crippen molar-refractivity contribution >= 4 is 40.7 Å². The summed E-state index contributed by atoms with van der Waals surface area (Å²) in [4.78, 5) is 41.7. The Morgan fingerprint density at radius 1 is 1.03 bits per heavy atom. The lowest BCUT2D eigenvalue weighted by atomic mass is 10.1. The average Bonchev–Trinajstić information content (AvgIpc) is 3.36. The van der Waals surface area contributed by atoms with E-state index in [1.54, 1.807) is 24.1 Å². The second-order valence-electron chi connectivity index (χ2n) is 11.0. The molecule has 1 saturated heterocycles. The first-order chi connectivity index (χ1) is 18.1.